The number of benzene rings is 2. The van der Waals surface area contributed by atoms with Gasteiger partial charge in [-0.3, -0.25) is 4.79 Å². The summed E-state index contributed by atoms with van der Waals surface area (Å²) in [7, 11) is 0. The zero-order valence-corrected chi connectivity index (χ0v) is 14.5. The number of carbonyl (C=O) groups is 1. The van der Waals surface area contributed by atoms with Crippen LogP contribution in [0.3, 0.4) is 0 Å². The molecule has 0 atom stereocenters. The van der Waals surface area contributed by atoms with E-state index >= 15 is 0 Å². The second-order valence-corrected chi connectivity index (χ2v) is 6.74. The van der Waals surface area contributed by atoms with Gasteiger partial charge in [-0.05, 0) is 48.9 Å². The molecule has 1 amide bonds. The Bertz CT molecular complexity index is 668. The lowest BCUT2D eigenvalue weighted by Gasteiger charge is -2.30. The second kappa shape index (κ2) is 7.52. The van der Waals surface area contributed by atoms with Crippen LogP contribution in [0.5, 0.6) is 5.75 Å². The summed E-state index contributed by atoms with van der Waals surface area (Å²) in [5, 5.41) is 0. The van der Waals surface area contributed by atoms with Crippen LogP contribution in [0.1, 0.15) is 25.3 Å². The average Bonchev–Trinajstić information content (AvgIpc) is 2.61. The van der Waals surface area contributed by atoms with Gasteiger partial charge in [0.05, 0.1) is 0 Å². The third-order valence-electron chi connectivity index (χ3n) is 4.74. The molecule has 1 aliphatic heterocycles. The van der Waals surface area contributed by atoms with Crippen molar-refractivity contribution in [2.45, 2.75) is 26.7 Å². The Hall–Kier alpha value is -2.29. The molecule has 0 saturated carbocycles. The lowest BCUT2D eigenvalue weighted by atomic mass is 9.99. The fourth-order valence-electron chi connectivity index (χ4n) is 2.98. The Morgan fingerprint density at radius 1 is 1.00 bits per heavy atom. The highest BCUT2D eigenvalue weighted by atomic mass is 16.5. The van der Waals surface area contributed by atoms with E-state index in [2.05, 4.69) is 38.1 Å². The van der Waals surface area contributed by atoms with Crippen molar-refractivity contribution in [2.75, 3.05) is 19.7 Å². The van der Waals surface area contributed by atoms with Crippen LogP contribution in [0.25, 0.3) is 11.1 Å². The quantitative estimate of drug-likeness (QED) is 0.839. The van der Waals surface area contributed by atoms with E-state index in [1.807, 2.05) is 29.2 Å². The Labute approximate surface area is 144 Å². The van der Waals surface area contributed by atoms with Gasteiger partial charge in [0, 0.05) is 13.1 Å². The Morgan fingerprint density at radius 3 is 2.12 bits per heavy atom. The van der Waals surface area contributed by atoms with E-state index in [0.717, 1.165) is 43.2 Å². The number of piperidine rings is 1. The summed E-state index contributed by atoms with van der Waals surface area (Å²) in [4.78, 5) is 14.1. The number of likely N-dealkylation sites (tertiary alicyclic amines) is 1. The molecule has 1 fully saturated rings. The molecule has 0 aliphatic carbocycles. The molecule has 3 nitrogen and oxygen atoms in total. The van der Waals surface area contributed by atoms with Crippen molar-refractivity contribution in [3.05, 3.63) is 54.1 Å². The van der Waals surface area contributed by atoms with E-state index < -0.39 is 0 Å². The van der Waals surface area contributed by atoms with Crippen LogP contribution in [0.2, 0.25) is 0 Å². The van der Waals surface area contributed by atoms with Gasteiger partial charge in [-0.2, -0.15) is 0 Å². The highest BCUT2D eigenvalue weighted by Crippen LogP contribution is 2.23. The van der Waals surface area contributed by atoms with Gasteiger partial charge in [0.25, 0.3) is 5.91 Å². The van der Waals surface area contributed by atoms with Gasteiger partial charge >= 0.3 is 0 Å². The molecule has 2 aromatic rings. The maximum Gasteiger partial charge on any atom is 0.260 e. The first kappa shape index (κ1) is 16.6. The summed E-state index contributed by atoms with van der Waals surface area (Å²) in [6, 6.07) is 16.4. The molecule has 0 unspecified atom stereocenters. The molecule has 0 bridgehead atoms. The number of amides is 1. The van der Waals surface area contributed by atoms with Gasteiger partial charge in [-0.15, -0.1) is 0 Å². The van der Waals surface area contributed by atoms with Crippen molar-refractivity contribution in [1.29, 1.82) is 0 Å². The third-order valence-corrected chi connectivity index (χ3v) is 4.74. The summed E-state index contributed by atoms with van der Waals surface area (Å²) in [6.07, 6.45) is 2.19. The maximum absolute atomic E-state index is 12.2. The van der Waals surface area contributed by atoms with E-state index in [4.69, 9.17) is 4.74 Å². The van der Waals surface area contributed by atoms with Crippen LogP contribution in [-0.2, 0) is 4.79 Å². The van der Waals surface area contributed by atoms with Crippen molar-refractivity contribution in [2.24, 2.45) is 5.92 Å². The number of nitrogens with zero attached hydrogens (tertiary/aromatic N) is 1. The molecule has 1 aliphatic rings. The largest absolute Gasteiger partial charge is 0.484 e. The Balaban J connectivity index is 1.54. The molecule has 24 heavy (non-hydrogen) atoms. The zero-order chi connectivity index (χ0) is 16.9. The summed E-state index contributed by atoms with van der Waals surface area (Å²) < 4.78 is 5.67. The molecule has 3 rings (SSSR count). The van der Waals surface area contributed by atoms with Crippen molar-refractivity contribution in [3.8, 4) is 16.9 Å². The predicted octanol–water partition coefficient (Wildman–Crippen LogP) is 4.30. The number of aryl methyl sites for hydroxylation is 1. The maximum atomic E-state index is 12.2. The predicted molar refractivity (Wildman–Crippen MR) is 97.1 cm³/mol. The second-order valence-electron chi connectivity index (χ2n) is 6.74. The van der Waals surface area contributed by atoms with Crippen LogP contribution in [-0.4, -0.2) is 30.5 Å². The fourth-order valence-corrected chi connectivity index (χ4v) is 2.98. The highest BCUT2D eigenvalue weighted by Gasteiger charge is 2.20. The van der Waals surface area contributed by atoms with Crippen LogP contribution >= 0.6 is 0 Å². The molecule has 1 saturated heterocycles. The minimum Gasteiger partial charge on any atom is -0.484 e. The minimum absolute atomic E-state index is 0.0875. The SMILES string of the molecule is Cc1ccc(-c2ccc(OCC(=O)N3CCC(C)CC3)cc2)cc1. The Kier molecular flexibility index (Phi) is 5.19. The van der Waals surface area contributed by atoms with E-state index in [9.17, 15) is 4.79 Å². The van der Waals surface area contributed by atoms with Gasteiger partial charge < -0.3 is 9.64 Å². The van der Waals surface area contributed by atoms with Crippen LogP contribution < -0.4 is 4.74 Å². The average molecular weight is 323 g/mol. The molecular formula is C21H25NO2. The van der Waals surface area contributed by atoms with Crippen LogP contribution in [0.15, 0.2) is 48.5 Å². The molecule has 126 valence electrons. The number of hydrogen-bond acceptors (Lipinski definition) is 2. The van der Waals surface area contributed by atoms with Gasteiger partial charge in [0.15, 0.2) is 6.61 Å². The van der Waals surface area contributed by atoms with Crippen molar-refractivity contribution >= 4 is 5.91 Å². The third kappa shape index (κ3) is 4.16. The van der Waals surface area contributed by atoms with Crippen molar-refractivity contribution < 1.29 is 9.53 Å². The molecular weight excluding hydrogens is 298 g/mol. The molecule has 1 heterocycles. The topological polar surface area (TPSA) is 29.5 Å². The van der Waals surface area contributed by atoms with Crippen LogP contribution in [0.4, 0.5) is 0 Å². The standard InChI is InChI=1S/C21H25NO2/c1-16-3-5-18(6-4-16)19-7-9-20(10-8-19)24-15-21(23)22-13-11-17(2)12-14-22/h3-10,17H,11-15H2,1-2H3. The molecule has 0 radical (unpaired) electrons. The number of carbonyl (C=O) groups excluding carboxylic acids is 1. The normalized spacial score (nSPS) is 15.3. The smallest absolute Gasteiger partial charge is 0.260 e. The van der Waals surface area contributed by atoms with Crippen molar-refractivity contribution in [1.82, 2.24) is 4.90 Å². The minimum atomic E-state index is 0.0875. The Morgan fingerprint density at radius 2 is 1.54 bits per heavy atom. The highest BCUT2D eigenvalue weighted by molar-refractivity contribution is 5.78. The van der Waals surface area contributed by atoms with Gasteiger partial charge in [0.2, 0.25) is 0 Å². The molecule has 0 aromatic heterocycles. The first-order valence-electron chi connectivity index (χ1n) is 8.69. The summed E-state index contributed by atoms with van der Waals surface area (Å²) in [5.41, 5.74) is 3.59. The van der Waals surface area contributed by atoms with E-state index in [1.54, 1.807) is 0 Å². The van der Waals surface area contributed by atoms with E-state index in [0.29, 0.717) is 0 Å². The first-order valence-corrected chi connectivity index (χ1v) is 8.69. The molecule has 2 aromatic carbocycles. The van der Waals surface area contributed by atoms with Gasteiger partial charge in [0.1, 0.15) is 5.75 Å². The van der Waals surface area contributed by atoms with E-state index in [1.165, 1.54) is 11.1 Å². The summed E-state index contributed by atoms with van der Waals surface area (Å²) in [6.45, 7) is 6.17. The number of rotatable bonds is 4. The van der Waals surface area contributed by atoms with Crippen LogP contribution in [0, 0.1) is 12.8 Å². The zero-order valence-electron chi connectivity index (χ0n) is 14.5. The van der Waals surface area contributed by atoms with Gasteiger partial charge in [-0.1, -0.05) is 48.9 Å². The summed E-state index contributed by atoms with van der Waals surface area (Å²) >= 11 is 0. The first-order chi connectivity index (χ1) is 11.6. The number of hydrogen-bond donors (Lipinski definition) is 0. The summed E-state index contributed by atoms with van der Waals surface area (Å²) in [5.74, 6) is 1.55. The lowest BCUT2D eigenvalue weighted by Crippen LogP contribution is -2.40. The number of ether oxygens (including phenoxy) is 1. The fraction of sp³-hybridized carbons (Fsp3) is 0.381. The van der Waals surface area contributed by atoms with Gasteiger partial charge in [-0.25, -0.2) is 0 Å². The van der Waals surface area contributed by atoms with Crippen molar-refractivity contribution in [3.63, 3.8) is 0 Å². The molecule has 3 heteroatoms. The van der Waals surface area contributed by atoms with E-state index in [-0.39, 0.29) is 12.5 Å². The molecule has 0 spiro atoms. The molecule has 0 N–H and O–H groups in total. The lowest BCUT2D eigenvalue weighted by molar-refractivity contribution is -0.134. The monoisotopic (exact) mass is 323 g/mol.